The Morgan fingerprint density at radius 3 is 2.79 bits per heavy atom. The second-order valence-corrected chi connectivity index (χ2v) is 10.2. The molecule has 0 aliphatic carbocycles. The molecule has 11 nitrogen and oxygen atoms in total. The topological polar surface area (TPSA) is 132 Å². The number of β-lactam (4-membered cyclic amide) rings is 1. The first-order valence-electron chi connectivity index (χ1n) is 11.0. The van der Waals surface area contributed by atoms with Crippen molar-refractivity contribution < 1.29 is 29.0 Å². The van der Waals surface area contributed by atoms with E-state index in [1.54, 1.807) is 31.3 Å². The van der Waals surface area contributed by atoms with Gasteiger partial charge in [0, 0.05) is 23.0 Å². The number of amides is 1. The predicted octanol–water partition coefficient (Wildman–Crippen LogP) is 1.01. The van der Waals surface area contributed by atoms with Crippen molar-refractivity contribution in [3.05, 3.63) is 63.2 Å². The number of fused-ring (bicyclic) bond motifs is 2. The highest BCUT2D eigenvalue weighted by Crippen LogP contribution is 2.51. The van der Waals surface area contributed by atoms with Gasteiger partial charge >= 0.3 is 12.3 Å². The summed E-state index contributed by atoms with van der Waals surface area (Å²) >= 11 is 1.57. The molecule has 2 aromatic rings. The van der Waals surface area contributed by atoms with Gasteiger partial charge in [0.1, 0.15) is 18.8 Å². The van der Waals surface area contributed by atoms with Crippen molar-refractivity contribution in [2.45, 2.75) is 50.9 Å². The molecule has 0 spiro atoms. The van der Waals surface area contributed by atoms with Crippen molar-refractivity contribution in [3.63, 3.8) is 0 Å². The van der Waals surface area contributed by atoms with E-state index in [9.17, 15) is 24.8 Å². The smallest absolute Gasteiger partial charge is 0.356 e. The van der Waals surface area contributed by atoms with E-state index in [1.807, 2.05) is 16.3 Å². The number of carbonyl (C=O) groups excluding carboxylic acids is 2. The van der Waals surface area contributed by atoms with E-state index in [2.05, 4.69) is 4.98 Å². The predicted molar refractivity (Wildman–Crippen MR) is 119 cm³/mol. The zero-order valence-corrected chi connectivity index (χ0v) is 19.4. The summed E-state index contributed by atoms with van der Waals surface area (Å²) < 4.78 is 9.55. The summed E-state index contributed by atoms with van der Waals surface area (Å²) in [4.78, 5) is 42.8. The Morgan fingerprint density at radius 1 is 1.41 bits per heavy atom. The molecule has 34 heavy (non-hydrogen) atoms. The van der Waals surface area contributed by atoms with Crippen LogP contribution < -0.4 is 4.68 Å². The van der Waals surface area contributed by atoms with Gasteiger partial charge in [0.2, 0.25) is 12.2 Å². The molecule has 4 atom stereocenters. The summed E-state index contributed by atoms with van der Waals surface area (Å²) in [6.45, 7) is 4.95. The molecule has 1 fully saturated rings. The van der Waals surface area contributed by atoms with Gasteiger partial charge in [0.25, 0.3) is 5.69 Å². The van der Waals surface area contributed by atoms with Crippen LogP contribution in [0.3, 0.4) is 0 Å². The van der Waals surface area contributed by atoms with Crippen molar-refractivity contribution in [2.75, 3.05) is 0 Å². The van der Waals surface area contributed by atoms with Crippen LogP contribution in [0.1, 0.15) is 19.4 Å². The van der Waals surface area contributed by atoms with E-state index in [0.717, 1.165) is 18.0 Å². The first-order chi connectivity index (χ1) is 16.3. The molecule has 0 unspecified atom stereocenters. The minimum atomic E-state index is -0.813. The number of non-ortho nitro benzene ring substituents is 1. The number of nitro groups is 1. The standard InChI is InChI=1S/C22H24N5O6S/c1-12-18-17(13(2)28)21(29)26(18)19(20(12)34-16-7-24-10-23-11-25(24)8-16)22(30)33-9-14-3-5-15(6-4-14)27(31)32/h3-6,10-13,16-18,28H,7-9H2,1-2H3/q+1/t12-,13-,17-,18-/m1/s1. The molecule has 1 aromatic carbocycles. The van der Waals surface area contributed by atoms with E-state index >= 15 is 0 Å². The van der Waals surface area contributed by atoms with Gasteiger partial charge in [-0.3, -0.25) is 14.9 Å². The molecule has 0 radical (unpaired) electrons. The van der Waals surface area contributed by atoms with E-state index < -0.39 is 22.9 Å². The van der Waals surface area contributed by atoms with Gasteiger partial charge in [0.05, 0.1) is 34.8 Å². The van der Waals surface area contributed by atoms with E-state index in [0.29, 0.717) is 5.56 Å². The molecule has 3 aliphatic heterocycles. The molecule has 4 heterocycles. The van der Waals surface area contributed by atoms with Gasteiger partial charge in [-0.15, -0.1) is 11.8 Å². The highest BCUT2D eigenvalue weighted by Gasteiger charge is 2.60. The Kier molecular flexibility index (Phi) is 5.64. The number of aromatic nitrogens is 3. The van der Waals surface area contributed by atoms with Crippen molar-refractivity contribution in [2.24, 2.45) is 11.8 Å². The zero-order valence-electron chi connectivity index (χ0n) is 18.6. The second kappa shape index (κ2) is 8.51. The summed E-state index contributed by atoms with van der Waals surface area (Å²) in [7, 11) is 0. The fourth-order valence-corrected chi connectivity index (χ4v) is 6.41. The van der Waals surface area contributed by atoms with Crippen LogP contribution in [0.2, 0.25) is 0 Å². The van der Waals surface area contributed by atoms with Crippen LogP contribution in [0.25, 0.3) is 0 Å². The summed E-state index contributed by atoms with van der Waals surface area (Å²) in [6, 6.07) is 5.49. The molecule has 1 amide bonds. The number of thioether (sulfide) groups is 1. The number of carbonyl (C=O) groups is 2. The fraction of sp³-hybridized carbons (Fsp3) is 0.455. The summed E-state index contributed by atoms with van der Waals surface area (Å²) in [6.07, 6.45) is 2.70. The molecule has 3 aliphatic rings. The number of esters is 1. The van der Waals surface area contributed by atoms with Crippen molar-refractivity contribution in [3.8, 4) is 0 Å². The van der Waals surface area contributed by atoms with Gasteiger partial charge in [0.15, 0.2) is 0 Å². The molecule has 0 bridgehead atoms. The monoisotopic (exact) mass is 486 g/mol. The van der Waals surface area contributed by atoms with Gasteiger partial charge in [-0.2, -0.15) is 9.36 Å². The third-order valence-corrected chi connectivity index (χ3v) is 8.07. The highest BCUT2D eigenvalue weighted by molar-refractivity contribution is 8.03. The Bertz CT molecular complexity index is 1170. The highest BCUT2D eigenvalue weighted by atomic mass is 32.2. The molecule has 12 heteroatoms. The molecular formula is C22H24N5O6S+. The Morgan fingerprint density at radius 2 is 2.15 bits per heavy atom. The Labute approximate surface area is 199 Å². The minimum absolute atomic E-state index is 0.0469. The van der Waals surface area contributed by atoms with Crippen LogP contribution in [0.15, 0.2) is 47.5 Å². The van der Waals surface area contributed by atoms with Crippen LogP contribution in [-0.4, -0.2) is 53.9 Å². The van der Waals surface area contributed by atoms with Crippen LogP contribution >= 0.6 is 11.8 Å². The third-order valence-electron chi connectivity index (χ3n) is 6.62. The van der Waals surface area contributed by atoms with Crippen LogP contribution in [0.5, 0.6) is 0 Å². The largest absolute Gasteiger partial charge is 0.456 e. The molecule has 178 valence electrons. The zero-order chi connectivity index (χ0) is 24.1. The van der Waals surface area contributed by atoms with Crippen LogP contribution in [-0.2, 0) is 34.0 Å². The molecule has 1 N–H and O–H groups in total. The lowest BCUT2D eigenvalue weighted by Gasteiger charge is -2.46. The maximum atomic E-state index is 13.2. The van der Waals surface area contributed by atoms with E-state index in [-0.39, 0.29) is 41.1 Å². The van der Waals surface area contributed by atoms with Crippen molar-refractivity contribution in [1.82, 2.24) is 14.6 Å². The van der Waals surface area contributed by atoms with Crippen LogP contribution in [0.4, 0.5) is 5.69 Å². The van der Waals surface area contributed by atoms with Crippen LogP contribution in [0, 0.1) is 22.0 Å². The van der Waals surface area contributed by atoms with Crippen molar-refractivity contribution in [1.29, 1.82) is 0 Å². The number of nitrogens with zero attached hydrogens (tertiary/aromatic N) is 5. The average molecular weight is 487 g/mol. The van der Waals surface area contributed by atoms with Gasteiger partial charge in [-0.25, -0.2) is 4.79 Å². The lowest BCUT2D eigenvalue weighted by Crippen LogP contribution is -2.63. The van der Waals surface area contributed by atoms with Gasteiger partial charge < -0.3 is 14.7 Å². The summed E-state index contributed by atoms with van der Waals surface area (Å²) in [5.74, 6) is -1.56. The van der Waals surface area contributed by atoms with Gasteiger partial charge in [-0.1, -0.05) is 6.92 Å². The second-order valence-electron chi connectivity index (χ2n) is 8.83. The Balaban J connectivity index is 1.37. The number of rotatable bonds is 7. The van der Waals surface area contributed by atoms with Gasteiger partial charge in [-0.05, 0) is 29.6 Å². The number of ether oxygens (including phenoxy) is 1. The molecule has 1 saturated heterocycles. The number of hydrogen-bond donors (Lipinski definition) is 1. The maximum absolute atomic E-state index is 13.2. The molecule has 0 saturated carbocycles. The fourth-order valence-electron chi connectivity index (χ4n) is 4.95. The third kappa shape index (κ3) is 3.66. The number of aliphatic hydroxyl groups excluding tert-OH is 1. The van der Waals surface area contributed by atoms with E-state index in [4.69, 9.17) is 4.74 Å². The lowest BCUT2D eigenvalue weighted by atomic mass is 9.79. The van der Waals surface area contributed by atoms with E-state index in [1.165, 1.54) is 29.2 Å². The minimum Gasteiger partial charge on any atom is -0.456 e. The normalized spacial score (nSPS) is 26.2. The number of nitro benzene ring substituents is 1. The summed E-state index contributed by atoms with van der Waals surface area (Å²) in [5, 5.41) is 21.2. The quantitative estimate of drug-likeness (QED) is 0.202. The Hall–Kier alpha value is -3.25. The SMILES string of the molecule is C[C@@H](O)[C@H]1C(=O)N2C(C(=O)OCc3ccc([N+](=O)[O-])cc3)=C(SC3Cn4cnc[n+]4C3)[C@H](C)[C@H]12. The molecule has 5 rings (SSSR count). The molecule has 1 aromatic heterocycles. The number of benzene rings is 1. The maximum Gasteiger partial charge on any atom is 0.356 e. The van der Waals surface area contributed by atoms with Crippen molar-refractivity contribution >= 4 is 29.3 Å². The first kappa shape index (κ1) is 22.5. The number of hydrogen-bond acceptors (Lipinski definition) is 8. The average Bonchev–Trinajstić information content (AvgIpc) is 3.44. The summed E-state index contributed by atoms with van der Waals surface area (Å²) in [5.41, 5.74) is 0.799. The first-order valence-corrected chi connectivity index (χ1v) is 11.9. The number of aliphatic hydroxyl groups is 1. The molecular weight excluding hydrogens is 462 g/mol. The lowest BCUT2D eigenvalue weighted by molar-refractivity contribution is -0.758.